The lowest BCUT2D eigenvalue weighted by molar-refractivity contribution is 0.190. The fraction of sp³-hybridized carbons (Fsp3) is 0.778. The summed E-state index contributed by atoms with van der Waals surface area (Å²) in [5.74, 6) is -1.57. The summed E-state index contributed by atoms with van der Waals surface area (Å²) >= 11 is 0. The van der Waals surface area contributed by atoms with Gasteiger partial charge in [0, 0.05) is 6.42 Å². The molecule has 0 aromatic rings. The van der Waals surface area contributed by atoms with Crippen LogP contribution < -0.4 is 0 Å². The van der Waals surface area contributed by atoms with Crippen molar-refractivity contribution in [2.24, 2.45) is 0 Å². The highest BCUT2D eigenvalue weighted by Gasteiger charge is 2.34. The molecule has 0 saturated carbocycles. The maximum atomic E-state index is 13.4. The molecule has 0 aromatic heterocycles. The van der Waals surface area contributed by atoms with Gasteiger partial charge in [0.15, 0.2) is 0 Å². The summed E-state index contributed by atoms with van der Waals surface area (Å²) in [6.07, 6.45) is 3.37. The van der Waals surface area contributed by atoms with E-state index in [1.807, 2.05) is 0 Å². The van der Waals surface area contributed by atoms with Crippen molar-refractivity contribution in [2.75, 3.05) is 13.2 Å². The van der Waals surface area contributed by atoms with Gasteiger partial charge >= 0.3 is 7.60 Å². The van der Waals surface area contributed by atoms with Crippen LogP contribution in [0.25, 0.3) is 0 Å². The highest BCUT2D eigenvalue weighted by Crippen LogP contribution is 2.54. The van der Waals surface area contributed by atoms with Gasteiger partial charge in [0.1, 0.15) is 0 Å². The summed E-state index contributed by atoms with van der Waals surface area (Å²) in [5.41, 5.74) is 0. The van der Waals surface area contributed by atoms with Crippen molar-refractivity contribution in [3.05, 3.63) is 12.2 Å². The van der Waals surface area contributed by atoms with E-state index in [1.165, 1.54) is 0 Å². The molecule has 84 valence electrons. The normalized spacial score (nSPS) is 14.9. The third kappa shape index (κ3) is 4.36. The van der Waals surface area contributed by atoms with Gasteiger partial charge in [0.2, 0.25) is 5.91 Å². The van der Waals surface area contributed by atoms with Crippen LogP contribution in [0.1, 0.15) is 27.2 Å². The van der Waals surface area contributed by atoms with Gasteiger partial charge in [0.05, 0.1) is 13.2 Å². The molecule has 0 aliphatic heterocycles. The van der Waals surface area contributed by atoms with Gasteiger partial charge in [0.25, 0.3) is 0 Å². The lowest BCUT2D eigenvalue weighted by atomic mass is 10.4. The molecule has 3 nitrogen and oxygen atoms in total. The second kappa shape index (κ2) is 7.16. The summed E-state index contributed by atoms with van der Waals surface area (Å²) in [7, 11) is -3.56. The Labute approximate surface area is 84.8 Å². The Morgan fingerprint density at radius 3 is 2.21 bits per heavy atom. The number of halogens is 1. The number of allylic oxidation sites excluding steroid dienone is 2. The second-order valence-electron chi connectivity index (χ2n) is 2.61. The summed E-state index contributed by atoms with van der Waals surface area (Å²) < 4.78 is 34.9. The van der Waals surface area contributed by atoms with E-state index in [0.29, 0.717) is 0 Å². The Bertz CT molecular complexity index is 208. The van der Waals surface area contributed by atoms with Crippen molar-refractivity contribution < 1.29 is 18.0 Å². The maximum absolute atomic E-state index is 13.4. The zero-order valence-electron chi connectivity index (χ0n) is 8.90. The van der Waals surface area contributed by atoms with E-state index in [1.54, 1.807) is 32.9 Å². The number of rotatable bonds is 7. The first kappa shape index (κ1) is 13.8. The number of hydrogen-bond donors (Lipinski definition) is 0. The molecule has 0 bridgehead atoms. The second-order valence-corrected chi connectivity index (χ2v) is 4.77. The minimum absolute atomic E-state index is 0.0633. The Morgan fingerprint density at radius 1 is 1.36 bits per heavy atom. The molecule has 0 spiro atoms. The fourth-order valence-corrected chi connectivity index (χ4v) is 2.43. The van der Waals surface area contributed by atoms with Crippen molar-refractivity contribution in [3.8, 4) is 0 Å². The van der Waals surface area contributed by atoms with E-state index in [-0.39, 0.29) is 19.6 Å². The van der Waals surface area contributed by atoms with E-state index >= 15 is 0 Å². The smallest absolute Gasteiger partial charge is 0.307 e. The van der Waals surface area contributed by atoms with Crippen LogP contribution in [0.4, 0.5) is 4.39 Å². The van der Waals surface area contributed by atoms with Crippen LogP contribution in [-0.4, -0.2) is 19.1 Å². The van der Waals surface area contributed by atoms with Crippen molar-refractivity contribution in [1.82, 2.24) is 0 Å². The maximum Gasteiger partial charge on any atom is 0.364 e. The summed E-state index contributed by atoms with van der Waals surface area (Å²) in [5, 5.41) is 0. The van der Waals surface area contributed by atoms with Crippen molar-refractivity contribution in [3.63, 3.8) is 0 Å². The Balaban J connectivity index is 4.38. The van der Waals surface area contributed by atoms with Crippen LogP contribution >= 0.6 is 7.60 Å². The van der Waals surface area contributed by atoms with Crippen molar-refractivity contribution in [1.29, 1.82) is 0 Å². The molecule has 0 aliphatic rings. The standard InChI is InChI=1S/C9H18FO3P/c1-4-7-8-9(10)14(11,12-5-2)13-6-3/h4,7,9H,5-6,8H2,1-3H3/b7-4+. The monoisotopic (exact) mass is 224 g/mol. The topological polar surface area (TPSA) is 35.5 Å². The van der Waals surface area contributed by atoms with Crippen molar-refractivity contribution >= 4 is 7.60 Å². The van der Waals surface area contributed by atoms with E-state index in [0.717, 1.165) is 0 Å². The molecule has 0 aromatic carbocycles. The molecule has 0 aliphatic carbocycles. The lowest BCUT2D eigenvalue weighted by Gasteiger charge is -2.19. The molecule has 0 N–H and O–H groups in total. The average molecular weight is 224 g/mol. The van der Waals surface area contributed by atoms with E-state index < -0.39 is 13.5 Å². The molecule has 1 atom stereocenters. The average Bonchev–Trinajstić information content (AvgIpc) is 2.15. The summed E-state index contributed by atoms with van der Waals surface area (Å²) in [6.45, 7) is 5.47. The first-order valence-corrected chi connectivity index (χ1v) is 6.35. The highest BCUT2D eigenvalue weighted by atomic mass is 31.2. The third-order valence-corrected chi connectivity index (χ3v) is 3.66. The predicted octanol–water partition coefficient (Wildman–Crippen LogP) is 3.51. The van der Waals surface area contributed by atoms with Crippen LogP contribution in [0.3, 0.4) is 0 Å². The Hall–Kier alpha value is -0.180. The van der Waals surface area contributed by atoms with E-state index in [4.69, 9.17) is 9.05 Å². The van der Waals surface area contributed by atoms with Crippen LogP contribution in [0.5, 0.6) is 0 Å². The molecular formula is C9H18FO3P. The number of hydrogen-bond acceptors (Lipinski definition) is 3. The molecule has 0 heterocycles. The van der Waals surface area contributed by atoms with Gasteiger partial charge < -0.3 is 9.05 Å². The molecule has 0 radical (unpaired) electrons. The van der Waals surface area contributed by atoms with Gasteiger partial charge in [-0.25, -0.2) is 4.39 Å². The van der Waals surface area contributed by atoms with Crippen LogP contribution in [0, 0.1) is 0 Å². The summed E-state index contributed by atoms with van der Waals surface area (Å²) in [4.78, 5) is 0. The molecule has 14 heavy (non-hydrogen) atoms. The van der Waals surface area contributed by atoms with E-state index in [2.05, 4.69) is 0 Å². The van der Waals surface area contributed by atoms with Crippen LogP contribution in [-0.2, 0) is 13.6 Å². The molecule has 1 unspecified atom stereocenters. The fourth-order valence-electron chi connectivity index (χ4n) is 0.936. The largest absolute Gasteiger partial charge is 0.364 e. The van der Waals surface area contributed by atoms with Crippen LogP contribution in [0.15, 0.2) is 12.2 Å². The highest BCUT2D eigenvalue weighted by molar-refractivity contribution is 7.54. The molecular weight excluding hydrogens is 206 g/mol. The lowest BCUT2D eigenvalue weighted by Crippen LogP contribution is -2.07. The molecule has 5 heteroatoms. The Morgan fingerprint density at radius 2 is 1.86 bits per heavy atom. The molecule has 0 rings (SSSR count). The first-order chi connectivity index (χ1) is 6.60. The van der Waals surface area contributed by atoms with E-state index in [9.17, 15) is 8.96 Å². The predicted molar refractivity (Wildman–Crippen MR) is 55.2 cm³/mol. The SMILES string of the molecule is C/C=C/CC(F)P(=O)(OCC)OCC. The molecule has 0 amide bonds. The summed E-state index contributed by atoms with van der Waals surface area (Å²) in [6, 6.07) is 0. The Kier molecular flexibility index (Phi) is 7.06. The molecule has 0 fully saturated rings. The molecule has 0 saturated heterocycles. The van der Waals surface area contributed by atoms with Crippen molar-refractivity contribution in [2.45, 2.75) is 33.1 Å². The van der Waals surface area contributed by atoms with Gasteiger partial charge in [-0.15, -0.1) is 0 Å². The minimum atomic E-state index is -3.56. The van der Waals surface area contributed by atoms with Gasteiger partial charge in [-0.1, -0.05) is 12.2 Å². The van der Waals surface area contributed by atoms with Gasteiger partial charge in [-0.05, 0) is 20.8 Å². The zero-order chi connectivity index (χ0) is 11.0. The van der Waals surface area contributed by atoms with Crippen LogP contribution in [0.2, 0.25) is 0 Å². The van der Waals surface area contributed by atoms with Gasteiger partial charge in [-0.2, -0.15) is 0 Å². The zero-order valence-corrected chi connectivity index (χ0v) is 9.80. The third-order valence-electron chi connectivity index (χ3n) is 1.53. The minimum Gasteiger partial charge on any atom is -0.307 e. The number of alkyl halides is 1. The quantitative estimate of drug-likeness (QED) is 0.490. The first-order valence-electron chi connectivity index (χ1n) is 4.74. The van der Waals surface area contributed by atoms with Gasteiger partial charge in [-0.3, -0.25) is 4.57 Å².